The molecule has 1 aliphatic carbocycles. The molecule has 2 saturated heterocycles. The molecule has 43 heavy (non-hydrogen) atoms. The summed E-state index contributed by atoms with van der Waals surface area (Å²) in [7, 11) is 0. The van der Waals surface area contributed by atoms with Gasteiger partial charge < -0.3 is 19.9 Å². The Morgan fingerprint density at radius 1 is 1.07 bits per heavy atom. The number of nitrogens with zero attached hydrogens (tertiary/aromatic N) is 4. The lowest BCUT2D eigenvalue weighted by molar-refractivity contribution is -0.126. The zero-order chi connectivity index (χ0) is 30.0. The fourth-order valence-electron chi connectivity index (χ4n) is 7.85. The number of carbonyl (C=O) groups is 2. The summed E-state index contributed by atoms with van der Waals surface area (Å²) in [5, 5.41) is 14.5. The molecule has 0 bridgehead atoms. The van der Waals surface area contributed by atoms with E-state index in [1.165, 1.54) is 6.39 Å². The van der Waals surface area contributed by atoms with Crippen LogP contribution in [0.4, 0.5) is 5.82 Å². The number of rotatable bonds is 4. The van der Waals surface area contributed by atoms with Crippen molar-refractivity contribution in [2.75, 3.05) is 11.9 Å². The van der Waals surface area contributed by atoms with Gasteiger partial charge in [-0.15, -0.1) is 0 Å². The average Bonchev–Trinajstić information content (AvgIpc) is 3.68. The molecule has 4 aliphatic rings. The Morgan fingerprint density at radius 3 is 2.58 bits per heavy atom. The summed E-state index contributed by atoms with van der Waals surface area (Å²) in [6.07, 6.45) is 7.12. The van der Waals surface area contributed by atoms with E-state index in [0.29, 0.717) is 49.1 Å². The average molecular weight is 627 g/mol. The van der Waals surface area contributed by atoms with Crippen LogP contribution in [0.15, 0.2) is 41.4 Å². The quantitative estimate of drug-likeness (QED) is 0.357. The summed E-state index contributed by atoms with van der Waals surface area (Å²) >= 11 is 12.7. The fourth-order valence-corrected chi connectivity index (χ4v) is 8.18. The zero-order valence-corrected chi connectivity index (χ0v) is 25.4. The van der Waals surface area contributed by atoms with Crippen LogP contribution in [-0.4, -0.2) is 56.2 Å². The van der Waals surface area contributed by atoms with Crippen LogP contribution in [-0.2, 0) is 19.7 Å². The monoisotopic (exact) mass is 625 g/mol. The number of nitrogens with one attached hydrogen (secondary N) is 3. The Hall–Kier alpha value is -3.12. The molecule has 3 aliphatic heterocycles. The Labute approximate surface area is 258 Å². The first-order valence-electron chi connectivity index (χ1n) is 14.7. The van der Waals surface area contributed by atoms with Gasteiger partial charge in [-0.3, -0.25) is 14.9 Å². The smallest absolute Gasteiger partial charge is 0.238 e. The molecule has 3 N–H and O–H groups in total. The van der Waals surface area contributed by atoms with Gasteiger partial charge in [0, 0.05) is 23.2 Å². The number of hydrogen-bond donors (Lipinski definition) is 3. The molecular formula is C30H33Cl2N7O4. The van der Waals surface area contributed by atoms with E-state index in [9.17, 15) is 9.59 Å². The van der Waals surface area contributed by atoms with Crippen molar-refractivity contribution in [3.05, 3.63) is 64.1 Å². The topological polar surface area (TPSA) is 144 Å². The number of aromatic nitrogens is 4. The van der Waals surface area contributed by atoms with Gasteiger partial charge in [0.05, 0.1) is 18.7 Å². The summed E-state index contributed by atoms with van der Waals surface area (Å²) in [5.41, 5.74) is -0.261. The molecule has 1 saturated carbocycles. The first-order chi connectivity index (χ1) is 20.6. The minimum atomic E-state index is -1.14. The standard InChI is InChI=1S/C30H33Cl2N7O4/c1-28(2)8-10-29(11-9-28)30(18-4-6-20(31)36-24(18)37-27(30)41)22(16-7-12-33-21(32)13-16)23(38-29)26(40)35-17-3-5-19(42-14-17)25-34-15-43-39-25/h4,6-7,12-13,15,17,19,22-23,38H,3,5,8-11,14H2,1-2H3,(H,35,40)(H,36,37,41)/t17-,19+,22+,23-,30-/m1/s1. The molecule has 6 heterocycles. The Kier molecular flexibility index (Phi) is 7.00. The number of hydrogen-bond acceptors (Lipinski definition) is 9. The van der Waals surface area contributed by atoms with Crippen molar-refractivity contribution >= 4 is 40.8 Å². The van der Waals surface area contributed by atoms with Gasteiger partial charge in [-0.1, -0.05) is 48.3 Å². The molecule has 0 radical (unpaired) electrons. The maximum atomic E-state index is 14.5. The lowest BCUT2D eigenvalue weighted by Gasteiger charge is -2.50. The van der Waals surface area contributed by atoms with Gasteiger partial charge in [-0.05, 0) is 67.7 Å². The second kappa shape index (κ2) is 10.5. The molecule has 13 heteroatoms. The van der Waals surface area contributed by atoms with Crippen LogP contribution in [0.2, 0.25) is 10.3 Å². The molecule has 0 unspecified atom stereocenters. The highest BCUT2D eigenvalue weighted by Crippen LogP contribution is 2.63. The first kappa shape index (κ1) is 28.6. The molecule has 11 nitrogen and oxygen atoms in total. The molecule has 3 aromatic heterocycles. The van der Waals surface area contributed by atoms with Crippen LogP contribution in [0.5, 0.6) is 0 Å². The lowest BCUT2D eigenvalue weighted by Crippen LogP contribution is -2.61. The number of carbonyl (C=O) groups excluding carboxylic acids is 2. The molecule has 3 fully saturated rings. The second-order valence-electron chi connectivity index (χ2n) is 12.9. The number of halogens is 2. The van der Waals surface area contributed by atoms with E-state index in [0.717, 1.165) is 24.0 Å². The van der Waals surface area contributed by atoms with E-state index in [4.69, 9.17) is 32.5 Å². The summed E-state index contributed by atoms with van der Waals surface area (Å²) < 4.78 is 10.9. The molecule has 7 rings (SSSR count). The summed E-state index contributed by atoms with van der Waals surface area (Å²) in [6, 6.07) is 6.24. The third kappa shape index (κ3) is 4.63. The van der Waals surface area contributed by atoms with Crippen molar-refractivity contribution in [3.8, 4) is 0 Å². The maximum Gasteiger partial charge on any atom is 0.238 e. The number of ether oxygens (including phenoxy) is 1. The molecule has 5 atom stereocenters. The van der Waals surface area contributed by atoms with E-state index < -0.39 is 22.9 Å². The Balaban J connectivity index is 1.29. The van der Waals surface area contributed by atoms with E-state index in [2.05, 4.69) is 49.9 Å². The highest BCUT2D eigenvalue weighted by atomic mass is 35.5. The van der Waals surface area contributed by atoms with Gasteiger partial charge in [0.2, 0.25) is 18.2 Å². The molecule has 226 valence electrons. The molecule has 3 aromatic rings. The van der Waals surface area contributed by atoms with Crippen molar-refractivity contribution in [2.24, 2.45) is 5.41 Å². The zero-order valence-electron chi connectivity index (χ0n) is 23.9. The van der Waals surface area contributed by atoms with Gasteiger partial charge in [0.25, 0.3) is 0 Å². The molecule has 2 spiro atoms. The SMILES string of the molecule is CC1(C)CCC2(CC1)N[C@@H](C(=O)N[C@@H]1CC[C@@H](c3ncon3)OC1)[C@H](c1ccnc(Cl)c1)[C@]21C(=O)Nc2nc(Cl)ccc21. The van der Waals surface area contributed by atoms with Crippen molar-refractivity contribution in [2.45, 2.75) is 87.4 Å². The summed E-state index contributed by atoms with van der Waals surface area (Å²) in [6.45, 7) is 4.81. The minimum absolute atomic E-state index is 0.106. The van der Waals surface area contributed by atoms with Crippen LogP contribution in [0.1, 0.15) is 81.3 Å². The van der Waals surface area contributed by atoms with E-state index in [1.807, 2.05) is 12.1 Å². The summed E-state index contributed by atoms with van der Waals surface area (Å²) in [4.78, 5) is 41.7. The van der Waals surface area contributed by atoms with Crippen molar-refractivity contribution in [1.29, 1.82) is 0 Å². The Bertz CT molecular complexity index is 1550. The lowest BCUT2D eigenvalue weighted by atomic mass is 9.53. The number of pyridine rings is 2. The molecule has 0 aromatic carbocycles. The number of fused-ring (bicyclic) bond motifs is 3. The van der Waals surface area contributed by atoms with Gasteiger partial charge in [-0.25, -0.2) is 9.97 Å². The molecule has 2 amide bonds. The predicted molar refractivity (Wildman–Crippen MR) is 158 cm³/mol. The second-order valence-corrected chi connectivity index (χ2v) is 13.7. The Morgan fingerprint density at radius 2 is 1.88 bits per heavy atom. The third-order valence-corrected chi connectivity index (χ3v) is 10.4. The van der Waals surface area contributed by atoms with E-state index in [1.54, 1.807) is 18.3 Å². The number of amides is 2. The largest absolute Gasteiger partial charge is 0.368 e. The van der Waals surface area contributed by atoms with E-state index >= 15 is 0 Å². The molecular weight excluding hydrogens is 593 g/mol. The van der Waals surface area contributed by atoms with Gasteiger partial charge in [0.1, 0.15) is 27.6 Å². The van der Waals surface area contributed by atoms with Gasteiger partial charge >= 0.3 is 0 Å². The van der Waals surface area contributed by atoms with Crippen LogP contribution in [0.25, 0.3) is 0 Å². The van der Waals surface area contributed by atoms with Crippen LogP contribution in [0.3, 0.4) is 0 Å². The predicted octanol–water partition coefficient (Wildman–Crippen LogP) is 4.49. The van der Waals surface area contributed by atoms with Crippen molar-refractivity contribution < 1.29 is 18.8 Å². The first-order valence-corrected chi connectivity index (χ1v) is 15.4. The third-order valence-electron chi connectivity index (χ3n) is 10.0. The highest BCUT2D eigenvalue weighted by molar-refractivity contribution is 6.30. The van der Waals surface area contributed by atoms with Gasteiger partial charge in [0.15, 0.2) is 5.82 Å². The number of anilines is 1. The van der Waals surface area contributed by atoms with Gasteiger partial charge in [-0.2, -0.15) is 4.98 Å². The van der Waals surface area contributed by atoms with Crippen LogP contribution < -0.4 is 16.0 Å². The fraction of sp³-hybridized carbons (Fsp3) is 0.533. The summed E-state index contributed by atoms with van der Waals surface area (Å²) in [5.74, 6) is -0.0611. The highest BCUT2D eigenvalue weighted by Gasteiger charge is 2.73. The normalized spacial score (nSPS) is 30.7. The minimum Gasteiger partial charge on any atom is -0.368 e. The van der Waals surface area contributed by atoms with Crippen molar-refractivity contribution in [3.63, 3.8) is 0 Å². The van der Waals surface area contributed by atoms with Crippen LogP contribution >= 0.6 is 23.2 Å². The van der Waals surface area contributed by atoms with E-state index in [-0.39, 0.29) is 34.5 Å². The maximum absolute atomic E-state index is 14.5. The van der Waals surface area contributed by atoms with Crippen LogP contribution in [0, 0.1) is 5.41 Å². The van der Waals surface area contributed by atoms with Crippen molar-refractivity contribution in [1.82, 2.24) is 30.7 Å².